The smallest absolute Gasteiger partial charge is 0.231 e. The van der Waals surface area contributed by atoms with Crippen LogP contribution in [-0.2, 0) is 6.42 Å². The van der Waals surface area contributed by atoms with Crippen LogP contribution in [0.3, 0.4) is 0 Å². The second-order valence-corrected chi connectivity index (χ2v) is 4.19. The van der Waals surface area contributed by atoms with Gasteiger partial charge in [-0.3, -0.25) is 4.98 Å². The monoisotopic (exact) mass is 243 g/mol. The second kappa shape index (κ2) is 4.66. The van der Waals surface area contributed by atoms with Gasteiger partial charge in [-0.05, 0) is 35.4 Å². The lowest BCUT2D eigenvalue weighted by Gasteiger charge is -2.11. The van der Waals surface area contributed by atoms with Gasteiger partial charge in [-0.1, -0.05) is 6.07 Å². The predicted octanol–water partition coefficient (Wildman–Crippen LogP) is 2.09. The SMILES string of the molecule is OC(Cc1ccncc1)c1ccc2c(c1)OCO2. The summed E-state index contributed by atoms with van der Waals surface area (Å²) in [4.78, 5) is 3.95. The summed E-state index contributed by atoms with van der Waals surface area (Å²) in [6.45, 7) is 0.249. The standard InChI is InChI=1S/C14H13NO3/c16-12(7-10-3-5-15-6-4-10)11-1-2-13-14(8-11)18-9-17-13/h1-6,8,12,16H,7,9H2. The number of hydrogen-bond donors (Lipinski definition) is 1. The Balaban J connectivity index is 1.78. The van der Waals surface area contributed by atoms with Gasteiger partial charge in [0.25, 0.3) is 0 Å². The van der Waals surface area contributed by atoms with E-state index in [0.29, 0.717) is 12.2 Å². The normalized spacial score (nSPS) is 14.5. The number of hydrogen-bond acceptors (Lipinski definition) is 4. The van der Waals surface area contributed by atoms with Gasteiger partial charge in [0.15, 0.2) is 11.5 Å². The van der Waals surface area contributed by atoms with Crippen LogP contribution in [0.2, 0.25) is 0 Å². The van der Waals surface area contributed by atoms with Crippen LogP contribution in [0.4, 0.5) is 0 Å². The van der Waals surface area contributed by atoms with Crippen LogP contribution < -0.4 is 9.47 Å². The van der Waals surface area contributed by atoms with Gasteiger partial charge in [-0.15, -0.1) is 0 Å². The highest BCUT2D eigenvalue weighted by atomic mass is 16.7. The van der Waals surface area contributed by atoms with E-state index in [9.17, 15) is 5.11 Å². The van der Waals surface area contributed by atoms with E-state index in [4.69, 9.17) is 9.47 Å². The number of nitrogens with zero attached hydrogens (tertiary/aromatic N) is 1. The van der Waals surface area contributed by atoms with Gasteiger partial charge in [-0.25, -0.2) is 0 Å². The number of aromatic nitrogens is 1. The molecule has 92 valence electrons. The summed E-state index contributed by atoms with van der Waals surface area (Å²) in [5, 5.41) is 10.2. The van der Waals surface area contributed by atoms with E-state index in [2.05, 4.69) is 4.98 Å². The minimum absolute atomic E-state index is 0.249. The third-order valence-electron chi connectivity index (χ3n) is 2.96. The molecule has 1 atom stereocenters. The van der Waals surface area contributed by atoms with Crippen molar-refractivity contribution in [3.63, 3.8) is 0 Å². The van der Waals surface area contributed by atoms with Crippen molar-refractivity contribution in [2.24, 2.45) is 0 Å². The first-order chi connectivity index (χ1) is 8.83. The molecule has 2 aromatic rings. The Hall–Kier alpha value is -2.07. The molecule has 4 nitrogen and oxygen atoms in total. The Kier molecular flexibility index (Phi) is 2.86. The van der Waals surface area contributed by atoms with Gasteiger partial charge >= 0.3 is 0 Å². The lowest BCUT2D eigenvalue weighted by molar-refractivity contribution is 0.171. The Morgan fingerprint density at radius 3 is 2.72 bits per heavy atom. The summed E-state index contributed by atoms with van der Waals surface area (Å²) < 4.78 is 10.5. The van der Waals surface area contributed by atoms with Crippen molar-refractivity contribution in [2.75, 3.05) is 6.79 Å². The van der Waals surface area contributed by atoms with E-state index in [0.717, 1.165) is 16.9 Å². The molecular weight excluding hydrogens is 230 g/mol. The van der Waals surface area contributed by atoms with E-state index in [-0.39, 0.29) is 6.79 Å². The number of rotatable bonds is 3. The molecule has 0 radical (unpaired) electrons. The van der Waals surface area contributed by atoms with Crippen molar-refractivity contribution in [2.45, 2.75) is 12.5 Å². The summed E-state index contributed by atoms with van der Waals surface area (Å²) >= 11 is 0. The Morgan fingerprint density at radius 1 is 1.11 bits per heavy atom. The average Bonchev–Trinajstić information content (AvgIpc) is 2.87. The quantitative estimate of drug-likeness (QED) is 0.896. The first-order valence-electron chi connectivity index (χ1n) is 5.79. The molecule has 0 amide bonds. The zero-order valence-corrected chi connectivity index (χ0v) is 9.74. The predicted molar refractivity (Wildman–Crippen MR) is 65.5 cm³/mol. The molecule has 0 bridgehead atoms. The van der Waals surface area contributed by atoms with Gasteiger partial charge in [0.1, 0.15) is 0 Å². The van der Waals surface area contributed by atoms with Crippen LogP contribution in [0.15, 0.2) is 42.7 Å². The van der Waals surface area contributed by atoms with Crippen molar-refractivity contribution in [1.82, 2.24) is 4.98 Å². The van der Waals surface area contributed by atoms with E-state index < -0.39 is 6.10 Å². The summed E-state index contributed by atoms with van der Waals surface area (Å²) in [5.74, 6) is 1.43. The average molecular weight is 243 g/mol. The van der Waals surface area contributed by atoms with Crippen LogP contribution in [0.1, 0.15) is 17.2 Å². The number of ether oxygens (including phenoxy) is 2. The lowest BCUT2D eigenvalue weighted by atomic mass is 10.0. The molecular formula is C14H13NO3. The van der Waals surface area contributed by atoms with Crippen molar-refractivity contribution in [3.05, 3.63) is 53.9 Å². The third-order valence-corrected chi connectivity index (χ3v) is 2.96. The summed E-state index contributed by atoms with van der Waals surface area (Å²) in [6.07, 6.45) is 3.45. The molecule has 18 heavy (non-hydrogen) atoms. The number of fused-ring (bicyclic) bond motifs is 1. The van der Waals surface area contributed by atoms with E-state index in [1.54, 1.807) is 12.4 Å². The van der Waals surface area contributed by atoms with Crippen molar-refractivity contribution in [1.29, 1.82) is 0 Å². The molecule has 3 rings (SSSR count). The first-order valence-corrected chi connectivity index (χ1v) is 5.79. The van der Waals surface area contributed by atoms with Crippen LogP contribution >= 0.6 is 0 Å². The maximum atomic E-state index is 10.2. The van der Waals surface area contributed by atoms with Crippen LogP contribution in [0.5, 0.6) is 11.5 Å². The summed E-state index contributed by atoms with van der Waals surface area (Å²) in [5.41, 5.74) is 1.88. The highest BCUT2D eigenvalue weighted by Gasteiger charge is 2.16. The van der Waals surface area contributed by atoms with Crippen molar-refractivity contribution < 1.29 is 14.6 Å². The molecule has 0 fully saturated rings. The van der Waals surface area contributed by atoms with E-state index in [1.807, 2.05) is 30.3 Å². The highest BCUT2D eigenvalue weighted by Crippen LogP contribution is 2.34. The molecule has 4 heteroatoms. The number of aliphatic hydroxyl groups is 1. The van der Waals surface area contributed by atoms with E-state index in [1.165, 1.54) is 0 Å². The summed E-state index contributed by atoms with van der Waals surface area (Å²) in [7, 11) is 0. The largest absolute Gasteiger partial charge is 0.454 e. The molecule has 1 N–H and O–H groups in total. The Bertz CT molecular complexity index is 542. The van der Waals surface area contributed by atoms with Crippen molar-refractivity contribution >= 4 is 0 Å². The fourth-order valence-corrected chi connectivity index (χ4v) is 1.98. The van der Waals surface area contributed by atoms with Gasteiger partial charge in [0.05, 0.1) is 6.10 Å². The first kappa shape index (κ1) is 11.0. The fraction of sp³-hybridized carbons (Fsp3) is 0.214. The maximum Gasteiger partial charge on any atom is 0.231 e. The zero-order valence-electron chi connectivity index (χ0n) is 9.74. The third kappa shape index (κ3) is 2.15. The molecule has 1 aromatic carbocycles. The van der Waals surface area contributed by atoms with Crippen molar-refractivity contribution in [3.8, 4) is 11.5 Å². The minimum Gasteiger partial charge on any atom is -0.454 e. The topological polar surface area (TPSA) is 51.6 Å². The fourth-order valence-electron chi connectivity index (χ4n) is 1.98. The van der Waals surface area contributed by atoms with E-state index >= 15 is 0 Å². The number of aliphatic hydroxyl groups excluding tert-OH is 1. The van der Waals surface area contributed by atoms with Gasteiger partial charge in [0.2, 0.25) is 6.79 Å². The van der Waals surface area contributed by atoms with Gasteiger partial charge < -0.3 is 14.6 Å². The number of pyridine rings is 1. The molecule has 0 saturated carbocycles. The molecule has 0 saturated heterocycles. The molecule has 1 unspecified atom stereocenters. The molecule has 0 spiro atoms. The highest BCUT2D eigenvalue weighted by molar-refractivity contribution is 5.45. The molecule has 0 aliphatic carbocycles. The maximum absolute atomic E-state index is 10.2. The van der Waals surface area contributed by atoms with Crippen LogP contribution in [0, 0.1) is 0 Å². The van der Waals surface area contributed by atoms with Crippen LogP contribution in [0.25, 0.3) is 0 Å². The Morgan fingerprint density at radius 2 is 1.89 bits per heavy atom. The second-order valence-electron chi connectivity index (χ2n) is 4.19. The zero-order chi connectivity index (χ0) is 12.4. The minimum atomic E-state index is -0.554. The van der Waals surface area contributed by atoms with Gasteiger partial charge in [-0.2, -0.15) is 0 Å². The summed E-state index contributed by atoms with van der Waals surface area (Å²) in [6, 6.07) is 9.31. The Labute approximate surface area is 105 Å². The molecule has 1 aromatic heterocycles. The molecule has 1 aliphatic heterocycles. The molecule has 1 aliphatic rings. The lowest BCUT2D eigenvalue weighted by Crippen LogP contribution is -2.01. The molecule has 2 heterocycles. The number of benzene rings is 1. The van der Waals surface area contributed by atoms with Crippen LogP contribution in [-0.4, -0.2) is 16.9 Å². The van der Waals surface area contributed by atoms with Gasteiger partial charge in [0, 0.05) is 18.8 Å².